The fourth-order valence-corrected chi connectivity index (χ4v) is 1.31. The highest BCUT2D eigenvalue weighted by Gasteiger charge is 2.02. The molecule has 3 nitrogen and oxygen atoms in total. The number of nitrogen functional groups attached to an aromatic ring is 1. The Kier molecular flexibility index (Phi) is 2.63. The van der Waals surface area contributed by atoms with Gasteiger partial charge in [0.2, 0.25) is 0 Å². The van der Waals surface area contributed by atoms with Gasteiger partial charge in [-0.15, -0.1) is 0 Å². The zero-order valence-corrected chi connectivity index (χ0v) is 8.68. The summed E-state index contributed by atoms with van der Waals surface area (Å²) in [6, 6.07) is 7.38. The van der Waals surface area contributed by atoms with Gasteiger partial charge in [0.25, 0.3) is 0 Å². The predicted octanol–water partition coefficient (Wildman–Crippen LogP) is 1.99. The molecule has 3 heteroatoms. The lowest BCUT2D eigenvalue weighted by molar-refractivity contribution is 0.416. The number of allylic oxidation sites excluding steroid dienone is 1. The molecule has 78 valence electrons. The normalized spacial score (nSPS) is 15.0. The van der Waals surface area contributed by atoms with Crippen molar-refractivity contribution >= 4 is 5.69 Å². The molecule has 0 amide bonds. The zero-order valence-electron chi connectivity index (χ0n) is 8.68. The molecule has 0 aliphatic carbocycles. The van der Waals surface area contributed by atoms with Crippen LogP contribution < -0.4 is 10.5 Å². The molecule has 0 bridgehead atoms. The number of hydrogen-bond acceptors (Lipinski definition) is 3. The lowest BCUT2D eigenvalue weighted by Crippen LogP contribution is -2.15. The van der Waals surface area contributed by atoms with E-state index in [-0.39, 0.29) is 0 Å². The Morgan fingerprint density at radius 1 is 1.27 bits per heavy atom. The first-order valence-electron chi connectivity index (χ1n) is 4.86. The van der Waals surface area contributed by atoms with Crippen molar-refractivity contribution in [3.05, 3.63) is 48.4 Å². The molecular formula is C12H14N2O. The summed E-state index contributed by atoms with van der Waals surface area (Å²) in [5.74, 6) is 1.68. The second kappa shape index (κ2) is 4.09. The van der Waals surface area contributed by atoms with E-state index >= 15 is 0 Å². The number of anilines is 1. The molecule has 0 fully saturated rings. The van der Waals surface area contributed by atoms with Crippen molar-refractivity contribution in [1.29, 1.82) is 0 Å². The second-order valence-corrected chi connectivity index (χ2v) is 3.53. The molecule has 0 atom stereocenters. The van der Waals surface area contributed by atoms with Gasteiger partial charge in [-0.3, -0.25) is 0 Å². The summed E-state index contributed by atoms with van der Waals surface area (Å²) in [7, 11) is 2.02. The van der Waals surface area contributed by atoms with Crippen LogP contribution in [0.4, 0.5) is 5.69 Å². The van der Waals surface area contributed by atoms with Gasteiger partial charge in [0.15, 0.2) is 0 Å². The fourth-order valence-electron chi connectivity index (χ4n) is 1.31. The quantitative estimate of drug-likeness (QED) is 0.745. The van der Waals surface area contributed by atoms with E-state index < -0.39 is 0 Å². The fraction of sp³-hybridized carbons (Fsp3) is 0.167. The Balaban J connectivity index is 2.04. The summed E-state index contributed by atoms with van der Waals surface area (Å²) >= 11 is 0. The van der Waals surface area contributed by atoms with Crippen molar-refractivity contribution in [2.24, 2.45) is 0 Å². The molecule has 2 rings (SSSR count). The van der Waals surface area contributed by atoms with Crippen molar-refractivity contribution in [2.45, 2.75) is 0 Å². The second-order valence-electron chi connectivity index (χ2n) is 3.53. The molecule has 1 heterocycles. The molecule has 0 saturated carbocycles. The molecule has 0 unspecified atom stereocenters. The first-order valence-corrected chi connectivity index (χ1v) is 4.86. The molecule has 1 aliphatic rings. The average Bonchev–Trinajstić information content (AvgIpc) is 2.25. The van der Waals surface area contributed by atoms with Gasteiger partial charge in [0, 0.05) is 25.5 Å². The largest absolute Gasteiger partial charge is 0.458 e. The van der Waals surface area contributed by atoms with E-state index in [2.05, 4.69) is 4.90 Å². The number of hydrogen-bond donors (Lipinski definition) is 1. The van der Waals surface area contributed by atoms with Gasteiger partial charge in [-0.1, -0.05) is 0 Å². The molecule has 1 aliphatic heterocycles. The van der Waals surface area contributed by atoms with Gasteiger partial charge in [-0.2, -0.15) is 0 Å². The van der Waals surface area contributed by atoms with Crippen molar-refractivity contribution in [1.82, 2.24) is 4.90 Å². The topological polar surface area (TPSA) is 38.5 Å². The van der Waals surface area contributed by atoms with Crippen LogP contribution in [0.25, 0.3) is 0 Å². The molecule has 0 aromatic heterocycles. The molecule has 15 heavy (non-hydrogen) atoms. The van der Waals surface area contributed by atoms with Crippen LogP contribution in [-0.2, 0) is 0 Å². The van der Waals surface area contributed by atoms with Crippen LogP contribution in [0, 0.1) is 0 Å². The summed E-state index contributed by atoms with van der Waals surface area (Å²) in [5.41, 5.74) is 6.33. The maximum Gasteiger partial charge on any atom is 0.127 e. The molecule has 0 saturated heterocycles. The van der Waals surface area contributed by atoms with Crippen LogP contribution in [0.15, 0.2) is 48.4 Å². The number of likely N-dealkylation sites (N-methyl/N-ethyl adjacent to an activating group) is 1. The Bertz CT molecular complexity index is 393. The number of ether oxygens (including phenoxy) is 1. The first kappa shape index (κ1) is 9.65. The van der Waals surface area contributed by atoms with Gasteiger partial charge >= 0.3 is 0 Å². The number of nitrogens with two attached hydrogens (primary N) is 1. The van der Waals surface area contributed by atoms with E-state index in [0.717, 1.165) is 23.7 Å². The third-order valence-corrected chi connectivity index (χ3v) is 2.19. The van der Waals surface area contributed by atoms with E-state index in [1.807, 2.05) is 49.7 Å². The third kappa shape index (κ3) is 2.53. The standard InChI is InChI=1S/C12H14N2O/c1-14-8-6-12(7-9-14)15-11-4-2-10(13)3-5-11/h2-8H,9,13H2,1H3. The minimum atomic E-state index is 0.746. The Morgan fingerprint density at radius 2 is 2.00 bits per heavy atom. The smallest absolute Gasteiger partial charge is 0.127 e. The SMILES string of the molecule is CN1C=CC(Oc2ccc(N)cc2)=CC1. The molecular weight excluding hydrogens is 188 g/mol. The Hall–Kier alpha value is -1.90. The summed E-state index contributed by atoms with van der Waals surface area (Å²) in [5, 5.41) is 0. The molecule has 1 aromatic carbocycles. The highest BCUT2D eigenvalue weighted by molar-refractivity contribution is 5.42. The van der Waals surface area contributed by atoms with Crippen LogP contribution in [-0.4, -0.2) is 18.5 Å². The minimum Gasteiger partial charge on any atom is -0.458 e. The highest BCUT2D eigenvalue weighted by Crippen LogP contribution is 2.17. The molecule has 0 radical (unpaired) electrons. The van der Waals surface area contributed by atoms with Gasteiger partial charge in [-0.05, 0) is 36.4 Å². The number of rotatable bonds is 2. The average molecular weight is 202 g/mol. The summed E-state index contributed by atoms with van der Waals surface area (Å²) in [6.45, 7) is 0.876. The van der Waals surface area contributed by atoms with E-state index in [1.165, 1.54) is 0 Å². The molecule has 2 N–H and O–H groups in total. The van der Waals surface area contributed by atoms with E-state index in [1.54, 1.807) is 0 Å². The molecule has 0 spiro atoms. The Labute approximate surface area is 89.4 Å². The van der Waals surface area contributed by atoms with E-state index in [4.69, 9.17) is 10.5 Å². The van der Waals surface area contributed by atoms with E-state index in [0.29, 0.717) is 0 Å². The number of benzene rings is 1. The monoisotopic (exact) mass is 202 g/mol. The zero-order chi connectivity index (χ0) is 10.7. The van der Waals surface area contributed by atoms with Crippen molar-refractivity contribution in [3.8, 4) is 5.75 Å². The summed E-state index contributed by atoms with van der Waals surface area (Å²) in [6.07, 6.45) is 5.98. The van der Waals surface area contributed by atoms with Gasteiger partial charge in [-0.25, -0.2) is 0 Å². The van der Waals surface area contributed by atoms with Gasteiger partial charge < -0.3 is 15.4 Å². The van der Waals surface area contributed by atoms with Crippen LogP contribution in [0.5, 0.6) is 5.75 Å². The first-order chi connectivity index (χ1) is 7.24. The number of nitrogens with zero attached hydrogens (tertiary/aromatic N) is 1. The Morgan fingerprint density at radius 3 is 2.60 bits per heavy atom. The summed E-state index contributed by atoms with van der Waals surface area (Å²) < 4.78 is 5.65. The van der Waals surface area contributed by atoms with Gasteiger partial charge in [0.1, 0.15) is 11.5 Å². The predicted molar refractivity (Wildman–Crippen MR) is 61.3 cm³/mol. The maximum atomic E-state index is 5.65. The molecule has 1 aromatic rings. The van der Waals surface area contributed by atoms with Crippen molar-refractivity contribution in [3.63, 3.8) is 0 Å². The van der Waals surface area contributed by atoms with Crippen LogP contribution in [0.1, 0.15) is 0 Å². The van der Waals surface area contributed by atoms with Crippen LogP contribution in [0.2, 0.25) is 0 Å². The van der Waals surface area contributed by atoms with Crippen LogP contribution in [0.3, 0.4) is 0 Å². The summed E-state index contributed by atoms with van der Waals surface area (Å²) in [4.78, 5) is 2.08. The maximum absolute atomic E-state index is 5.65. The van der Waals surface area contributed by atoms with Crippen molar-refractivity contribution in [2.75, 3.05) is 19.3 Å². The lowest BCUT2D eigenvalue weighted by atomic mass is 10.3. The van der Waals surface area contributed by atoms with E-state index in [9.17, 15) is 0 Å². The van der Waals surface area contributed by atoms with Crippen molar-refractivity contribution < 1.29 is 4.74 Å². The highest BCUT2D eigenvalue weighted by atomic mass is 16.5. The lowest BCUT2D eigenvalue weighted by Gasteiger charge is -2.17. The third-order valence-electron chi connectivity index (χ3n) is 2.19. The minimum absolute atomic E-state index is 0.746. The van der Waals surface area contributed by atoms with Crippen LogP contribution >= 0.6 is 0 Å². The van der Waals surface area contributed by atoms with Gasteiger partial charge in [0.05, 0.1) is 0 Å².